The Bertz CT molecular complexity index is 438. The number of aliphatic carboxylic acids is 1. The number of carboxylic acids is 1. The standard InChI is InChI=1S/C20H33NO3/c1-5-9-11-12-16-21(8-4)19(24-17-13-10-6-2)15-14-18(7-3)20(22)23/h5,7,14-15H,1,3,6,8-13,16-17H2,2,4H3,(H,22,23)/b18-14+,19-15+. The van der Waals surface area contributed by atoms with Gasteiger partial charge in [0.05, 0.1) is 12.2 Å². The van der Waals surface area contributed by atoms with Crippen LogP contribution < -0.4 is 0 Å². The van der Waals surface area contributed by atoms with E-state index in [0.717, 1.165) is 57.5 Å². The minimum atomic E-state index is -0.986. The van der Waals surface area contributed by atoms with E-state index in [-0.39, 0.29) is 5.57 Å². The first kappa shape index (κ1) is 22.0. The van der Waals surface area contributed by atoms with Gasteiger partial charge in [-0.3, -0.25) is 0 Å². The molecule has 0 unspecified atom stereocenters. The highest BCUT2D eigenvalue weighted by Gasteiger charge is 2.09. The number of carboxylic acid groups (broad SMARTS) is 1. The number of hydrogen-bond acceptors (Lipinski definition) is 3. The maximum atomic E-state index is 11.1. The zero-order valence-corrected chi connectivity index (χ0v) is 15.3. The van der Waals surface area contributed by atoms with Gasteiger partial charge in [0.15, 0.2) is 5.88 Å². The molecule has 0 saturated carbocycles. The van der Waals surface area contributed by atoms with Gasteiger partial charge >= 0.3 is 5.97 Å². The summed E-state index contributed by atoms with van der Waals surface area (Å²) in [6, 6.07) is 0. The Morgan fingerprint density at radius 3 is 2.42 bits per heavy atom. The van der Waals surface area contributed by atoms with Gasteiger partial charge in [-0.05, 0) is 44.8 Å². The number of hydrogen-bond donors (Lipinski definition) is 1. The highest BCUT2D eigenvalue weighted by molar-refractivity contribution is 5.89. The third kappa shape index (κ3) is 9.93. The third-order valence-corrected chi connectivity index (χ3v) is 3.65. The van der Waals surface area contributed by atoms with E-state index in [9.17, 15) is 4.79 Å². The molecule has 0 aromatic heterocycles. The Hall–Kier alpha value is -1.97. The summed E-state index contributed by atoms with van der Waals surface area (Å²) < 4.78 is 5.92. The fraction of sp³-hybridized carbons (Fsp3) is 0.550. The van der Waals surface area contributed by atoms with E-state index in [1.54, 1.807) is 12.2 Å². The summed E-state index contributed by atoms with van der Waals surface area (Å²) in [6.45, 7) is 13.9. The van der Waals surface area contributed by atoms with Crippen molar-refractivity contribution in [3.05, 3.63) is 48.9 Å². The SMILES string of the molecule is C=CCCCCN(CC)/C(=C\C=C(/C=C)C(=O)O)OCCCCC. The smallest absolute Gasteiger partial charge is 0.335 e. The molecule has 0 aromatic carbocycles. The van der Waals surface area contributed by atoms with Crippen molar-refractivity contribution in [3.8, 4) is 0 Å². The molecule has 0 atom stereocenters. The van der Waals surface area contributed by atoms with Gasteiger partial charge in [-0.2, -0.15) is 0 Å². The molecule has 0 aliphatic heterocycles. The molecule has 0 fully saturated rings. The van der Waals surface area contributed by atoms with Crippen molar-refractivity contribution in [1.82, 2.24) is 4.90 Å². The molecule has 0 aliphatic rings. The van der Waals surface area contributed by atoms with Crippen LogP contribution in [-0.2, 0) is 9.53 Å². The summed E-state index contributed by atoms with van der Waals surface area (Å²) in [5.74, 6) is -0.256. The first-order valence-electron chi connectivity index (χ1n) is 8.86. The first-order chi connectivity index (χ1) is 11.6. The van der Waals surface area contributed by atoms with E-state index in [2.05, 4.69) is 31.9 Å². The second kappa shape index (κ2) is 14.6. The van der Waals surface area contributed by atoms with Crippen molar-refractivity contribution < 1.29 is 14.6 Å². The number of carbonyl (C=O) groups is 1. The average Bonchev–Trinajstić information content (AvgIpc) is 2.57. The average molecular weight is 335 g/mol. The maximum absolute atomic E-state index is 11.1. The molecule has 24 heavy (non-hydrogen) atoms. The fourth-order valence-electron chi connectivity index (χ4n) is 2.18. The van der Waals surface area contributed by atoms with Crippen molar-refractivity contribution in [2.45, 2.75) is 52.4 Å². The summed E-state index contributed by atoms with van der Waals surface area (Å²) in [5, 5.41) is 9.10. The lowest BCUT2D eigenvalue weighted by atomic mass is 10.2. The molecule has 0 heterocycles. The Morgan fingerprint density at radius 1 is 1.12 bits per heavy atom. The van der Waals surface area contributed by atoms with Crippen LogP contribution in [0.3, 0.4) is 0 Å². The largest absolute Gasteiger partial charge is 0.479 e. The van der Waals surface area contributed by atoms with Gasteiger partial charge in [-0.25, -0.2) is 4.79 Å². The Kier molecular flexibility index (Phi) is 13.4. The van der Waals surface area contributed by atoms with Gasteiger partial charge in [0.2, 0.25) is 0 Å². The third-order valence-electron chi connectivity index (χ3n) is 3.65. The molecule has 4 nitrogen and oxygen atoms in total. The molecule has 136 valence electrons. The number of unbranched alkanes of at least 4 members (excludes halogenated alkanes) is 4. The van der Waals surface area contributed by atoms with Gasteiger partial charge in [-0.1, -0.05) is 38.5 Å². The molecule has 0 spiro atoms. The van der Waals surface area contributed by atoms with Gasteiger partial charge in [0, 0.05) is 13.1 Å². The van der Waals surface area contributed by atoms with Crippen LogP contribution >= 0.6 is 0 Å². The number of rotatable bonds is 15. The van der Waals surface area contributed by atoms with Crippen LogP contribution in [0.1, 0.15) is 52.4 Å². The normalized spacial score (nSPS) is 11.9. The van der Waals surface area contributed by atoms with Crippen LogP contribution in [0.5, 0.6) is 0 Å². The van der Waals surface area contributed by atoms with Crippen LogP contribution in [0, 0.1) is 0 Å². The van der Waals surface area contributed by atoms with E-state index in [1.807, 2.05) is 6.08 Å². The summed E-state index contributed by atoms with van der Waals surface area (Å²) in [5.41, 5.74) is 0.160. The minimum Gasteiger partial charge on any atom is -0.479 e. The summed E-state index contributed by atoms with van der Waals surface area (Å²) >= 11 is 0. The van der Waals surface area contributed by atoms with Crippen LogP contribution in [-0.4, -0.2) is 35.7 Å². The van der Waals surface area contributed by atoms with E-state index >= 15 is 0 Å². The molecule has 0 bridgehead atoms. The van der Waals surface area contributed by atoms with Gasteiger partial charge in [0.25, 0.3) is 0 Å². The number of ether oxygens (including phenoxy) is 1. The summed E-state index contributed by atoms with van der Waals surface area (Å²) in [4.78, 5) is 13.2. The Morgan fingerprint density at radius 2 is 1.88 bits per heavy atom. The molecule has 4 heteroatoms. The quantitative estimate of drug-likeness (QED) is 0.152. The van der Waals surface area contributed by atoms with E-state index in [1.165, 1.54) is 6.08 Å². The second-order valence-electron chi connectivity index (χ2n) is 5.56. The van der Waals surface area contributed by atoms with E-state index in [0.29, 0.717) is 6.61 Å². The van der Waals surface area contributed by atoms with Crippen molar-refractivity contribution in [2.24, 2.45) is 0 Å². The van der Waals surface area contributed by atoms with E-state index in [4.69, 9.17) is 9.84 Å². The molecular formula is C20H33NO3. The lowest BCUT2D eigenvalue weighted by Gasteiger charge is -2.26. The van der Waals surface area contributed by atoms with Gasteiger partial charge < -0.3 is 14.7 Å². The predicted molar refractivity (Wildman–Crippen MR) is 101 cm³/mol. The summed E-state index contributed by atoms with van der Waals surface area (Å²) in [6.07, 6.45) is 13.0. The number of allylic oxidation sites excluding steroid dienone is 3. The van der Waals surface area contributed by atoms with Crippen molar-refractivity contribution in [2.75, 3.05) is 19.7 Å². The molecule has 0 saturated heterocycles. The maximum Gasteiger partial charge on any atom is 0.335 e. The molecule has 0 aliphatic carbocycles. The van der Waals surface area contributed by atoms with Crippen LogP contribution in [0.4, 0.5) is 0 Å². The van der Waals surface area contributed by atoms with Gasteiger partial charge in [0.1, 0.15) is 0 Å². The first-order valence-corrected chi connectivity index (χ1v) is 8.86. The Balaban J connectivity index is 5.00. The minimum absolute atomic E-state index is 0.160. The number of nitrogens with zero attached hydrogens (tertiary/aromatic N) is 1. The second-order valence-corrected chi connectivity index (χ2v) is 5.56. The lowest BCUT2D eigenvalue weighted by Crippen LogP contribution is -2.26. The zero-order chi connectivity index (χ0) is 18.2. The summed E-state index contributed by atoms with van der Waals surface area (Å²) in [7, 11) is 0. The molecular weight excluding hydrogens is 302 g/mol. The van der Waals surface area contributed by atoms with E-state index < -0.39 is 5.97 Å². The fourth-order valence-corrected chi connectivity index (χ4v) is 2.18. The molecule has 1 N–H and O–H groups in total. The topological polar surface area (TPSA) is 49.8 Å². The monoisotopic (exact) mass is 335 g/mol. The highest BCUT2D eigenvalue weighted by atomic mass is 16.5. The molecule has 0 amide bonds. The predicted octanol–water partition coefficient (Wildman–Crippen LogP) is 4.91. The highest BCUT2D eigenvalue weighted by Crippen LogP contribution is 2.12. The van der Waals surface area contributed by atoms with Crippen LogP contribution in [0.25, 0.3) is 0 Å². The van der Waals surface area contributed by atoms with Crippen molar-refractivity contribution >= 4 is 5.97 Å². The van der Waals surface area contributed by atoms with Crippen molar-refractivity contribution in [1.29, 1.82) is 0 Å². The van der Waals surface area contributed by atoms with Gasteiger partial charge in [-0.15, -0.1) is 6.58 Å². The van der Waals surface area contributed by atoms with Crippen molar-refractivity contribution in [3.63, 3.8) is 0 Å². The molecule has 0 radical (unpaired) electrons. The lowest BCUT2D eigenvalue weighted by molar-refractivity contribution is -0.132. The molecule has 0 aromatic rings. The van der Waals surface area contributed by atoms with Crippen LogP contribution in [0.2, 0.25) is 0 Å². The zero-order valence-electron chi connectivity index (χ0n) is 15.3. The Labute approximate surface area is 147 Å². The molecule has 0 rings (SSSR count). The van der Waals surface area contributed by atoms with Crippen LogP contribution in [0.15, 0.2) is 48.9 Å².